The van der Waals surface area contributed by atoms with Gasteiger partial charge in [-0.2, -0.15) is 5.26 Å². The van der Waals surface area contributed by atoms with Gasteiger partial charge in [0, 0.05) is 6.04 Å². The number of hydrogen-bond acceptors (Lipinski definition) is 3. The van der Waals surface area contributed by atoms with Gasteiger partial charge in [-0.25, -0.2) is 0 Å². The summed E-state index contributed by atoms with van der Waals surface area (Å²) in [6.07, 6.45) is -0.659. The molecule has 0 amide bonds. The molecule has 0 aromatic heterocycles. The van der Waals surface area contributed by atoms with Gasteiger partial charge in [-0.05, 0) is 24.6 Å². The van der Waals surface area contributed by atoms with Gasteiger partial charge in [0.05, 0.1) is 17.7 Å². The molecule has 3 N–H and O–H groups in total. The van der Waals surface area contributed by atoms with Crippen molar-refractivity contribution in [1.29, 1.82) is 5.26 Å². The number of benzene rings is 1. The van der Waals surface area contributed by atoms with E-state index in [2.05, 4.69) is 0 Å². The van der Waals surface area contributed by atoms with Crippen molar-refractivity contribution in [1.82, 2.24) is 0 Å². The highest BCUT2D eigenvalue weighted by Crippen LogP contribution is 2.15. The van der Waals surface area contributed by atoms with Crippen LogP contribution in [-0.4, -0.2) is 11.1 Å². The van der Waals surface area contributed by atoms with E-state index in [1.165, 1.54) is 0 Å². The minimum atomic E-state index is -0.659. The van der Waals surface area contributed by atoms with E-state index in [4.69, 9.17) is 11.0 Å². The minimum Gasteiger partial charge on any atom is -0.387 e. The first kappa shape index (κ1) is 9.72. The van der Waals surface area contributed by atoms with Gasteiger partial charge < -0.3 is 10.8 Å². The van der Waals surface area contributed by atoms with Crippen molar-refractivity contribution >= 4 is 0 Å². The zero-order chi connectivity index (χ0) is 9.84. The van der Waals surface area contributed by atoms with Crippen LogP contribution in [0.3, 0.4) is 0 Å². The standard InChI is InChI=1S/C10H12N2O/c1-7(12)10(13)9-4-2-8(6-11)3-5-9/h2-5,7,10,13H,12H2,1H3. The van der Waals surface area contributed by atoms with Crippen LogP contribution in [-0.2, 0) is 0 Å². The van der Waals surface area contributed by atoms with Crippen molar-refractivity contribution in [3.8, 4) is 6.07 Å². The predicted molar refractivity (Wildman–Crippen MR) is 49.8 cm³/mol. The topological polar surface area (TPSA) is 70.0 Å². The van der Waals surface area contributed by atoms with Crippen molar-refractivity contribution in [2.75, 3.05) is 0 Å². The second-order valence-corrected chi connectivity index (χ2v) is 3.04. The Morgan fingerprint density at radius 1 is 1.38 bits per heavy atom. The highest BCUT2D eigenvalue weighted by molar-refractivity contribution is 5.32. The molecule has 1 aromatic rings. The van der Waals surface area contributed by atoms with Crippen LogP contribution in [0.25, 0.3) is 0 Å². The van der Waals surface area contributed by atoms with Crippen molar-refractivity contribution in [2.24, 2.45) is 5.73 Å². The summed E-state index contributed by atoms with van der Waals surface area (Å²) in [6.45, 7) is 1.74. The van der Waals surface area contributed by atoms with Gasteiger partial charge in [0.25, 0.3) is 0 Å². The van der Waals surface area contributed by atoms with Gasteiger partial charge >= 0.3 is 0 Å². The van der Waals surface area contributed by atoms with Crippen LogP contribution in [0.5, 0.6) is 0 Å². The number of hydrogen-bond donors (Lipinski definition) is 2. The van der Waals surface area contributed by atoms with Crippen LogP contribution in [0.4, 0.5) is 0 Å². The molecule has 13 heavy (non-hydrogen) atoms. The van der Waals surface area contributed by atoms with E-state index < -0.39 is 6.10 Å². The van der Waals surface area contributed by atoms with Crippen molar-refractivity contribution < 1.29 is 5.11 Å². The molecule has 0 saturated carbocycles. The first-order valence-corrected chi connectivity index (χ1v) is 4.09. The zero-order valence-corrected chi connectivity index (χ0v) is 7.44. The van der Waals surface area contributed by atoms with E-state index >= 15 is 0 Å². The van der Waals surface area contributed by atoms with Crippen LogP contribution in [0, 0.1) is 11.3 Å². The van der Waals surface area contributed by atoms with Crippen LogP contribution in [0.1, 0.15) is 24.2 Å². The third kappa shape index (κ3) is 2.28. The van der Waals surface area contributed by atoms with Crippen LogP contribution in [0.2, 0.25) is 0 Å². The quantitative estimate of drug-likeness (QED) is 0.704. The van der Waals surface area contributed by atoms with Gasteiger partial charge in [0.2, 0.25) is 0 Å². The fraction of sp³-hybridized carbons (Fsp3) is 0.300. The number of nitrogens with zero attached hydrogens (tertiary/aromatic N) is 1. The fourth-order valence-corrected chi connectivity index (χ4v) is 1.06. The Labute approximate surface area is 77.4 Å². The summed E-state index contributed by atoms with van der Waals surface area (Å²) in [5, 5.41) is 18.1. The number of aliphatic hydroxyl groups is 1. The molecular weight excluding hydrogens is 164 g/mol. The van der Waals surface area contributed by atoms with Crippen LogP contribution < -0.4 is 5.73 Å². The molecule has 1 rings (SSSR count). The minimum absolute atomic E-state index is 0.298. The SMILES string of the molecule is CC(N)C(O)c1ccc(C#N)cc1. The largest absolute Gasteiger partial charge is 0.387 e. The lowest BCUT2D eigenvalue weighted by molar-refractivity contribution is 0.153. The summed E-state index contributed by atoms with van der Waals surface area (Å²) in [5.41, 5.74) is 6.85. The molecule has 0 aliphatic rings. The van der Waals surface area contributed by atoms with Crippen molar-refractivity contribution in [3.63, 3.8) is 0 Å². The summed E-state index contributed by atoms with van der Waals surface area (Å²) < 4.78 is 0. The molecule has 0 bridgehead atoms. The molecule has 0 aliphatic carbocycles. The number of nitrogens with two attached hydrogens (primary N) is 1. The van der Waals surface area contributed by atoms with E-state index in [1.54, 1.807) is 31.2 Å². The third-order valence-electron chi connectivity index (χ3n) is 1.88. The molecule has 0 radical (unpaired) electrons. The highest BCUT2D eigenvalue weighted by Gasteiger charge is 2.11. The van der Waals surface area contributed by atoms with E-state index in [0.717, 1.165) is 5.56 Å². The molecule has 0 spiro atoms. The monoisotopic (exact) mass is 176 g/mol. The average molecular weight is 176 g/mol. The lowest BCUT2D eigenvalue weighted by Crippen LogP contribution is -2.24. The summed E-state index contributed by atoms with van der Waals surface area (Å²) >= 11 is 0. The summed E-state index contributed by atoms with van der Waals surface area (Å²) in [6, 6.07) is 8.48. The summed E-state index contributed by atoms with van der Waals surface area (Å²) in [7, 11) is 0. The van der Waals surface area contributed by atoms with E-state index in [0.29, 0.717) is 5.56 Å². The maximum absolute atomic E-state index is 9.55. The Bertz CT molecular complexity index is 311. The van der Waals surface area contributed by atoms with E-state index in [-0.39, 0.29) is 6.04 Å². The normalized spacial score (nSPS) is 14.6. The molecular formula is C10H12N2O. The number of rotatable bonds is 2. The second-order valence-electron chi connectivity index (χ2n) is 3.04. The van der Waals surface area contributed by atoms with Gasteiger partial charge in [-0.3, -0.25) is 0 Å². The second kappa shape index (κ2) is 4.04. The molecule has 0 aliphatic heterocycles. The maximum atomic E-state index is 9.55. The summed E-state index contributed by atoms with van der Waals surface area (Å²) in [5.74, 6) is 0. The molecule has 1 aromatic carbocycles. The molecule has 2 atom stereocenters. The van der Waals surface area contributed by atoms with E-state index in [1.807, 2.05) is 6.07 Å². The molecule has 0 saturated heterocycles. The molecule has 0 heterocycles. The number of aliphatic hydroxyl groups excluding tert-OH is 1. The van der Waals surface area contributed by atoms with Crippen molar-refractivity contribution in [3.05, 3.63) is 35.4 Å². The number of nitriles is 1. The van der Waals surface area contributed by atoms with Gasteiger partial charge in [0.15, 0.2) is 0 Å². The first-order valence-electron chi connectivity index (χ1n) is 4.09. The predicted octanol–water partition coefficient (Wildman–Crippen LogP) is 0.939. The lowest BCUT2D eigenvalue weighted by atomic mass is 10.0. The molecule has 2 unspecified atom stereocenters. The van der Waals surface area contributed by atoms with E-state index in [9.17, 15) is 5.11 Å². The zero-order valence-electron chi connectivity index (χ0n) is 7.44. The van der Waals surface area contributed by atoms with Crippen LogP contribution in [0.15, 0.2) is 24.3 Å². The average Bonchev–Trinajstić information content (AvgIpc) is 2.17. The van der Waals surface area contributed by atoms with Gasteiger partial charge in [-0.1, -0.05) is 12.1 Å². The van der Waals surface area contributed by atoms with Crippen LogP contribution >= 0.6 is 0 Å². The molecule has 3 nitrogen and oxygen atoms in total. The molecule has 68 valence electrons. The Morgan fingerprint density at radius 2 is 1.92 bits per heavy atom. The lowest BCUT2D eigenvalue weighted by Gasteiger charge is -2.14. The molecule has 0 fully saturated rings. The Morgan fingerprint density at radius 3 is 2.31 bits per heavy atom. The van der Waals surface area contributed by atoms with Crippen molar-refractivity contribution in [2.45, 2.75) is 19.1 Å². The Hall–Kier alpha value is -1.37. The maximum Gasteiger partial charge on any atom is 0.0991 e. The molecule has 3 heteroatoms. The Kier molecular flexibility index (Phi) is 3.02. The summed E-state index contributed by atoms with van der Waals surface area (Å²) in [4.78, 5) is 0. The highest BCUT2D eigenvalue weighted by atomic mass is 16.3. The fourth-order valence-electron chi connectivity index (χ4n) is 1.06. The van der Waals surface area contributed by atoms with Gasteiger partial charge in [-0.15, -0.1) is 0 Å². The first-order chi connectivity index (χ1) is 6.15. The Balaban J connectivity index is 2.87. The smallest absolute Gasteiger partial charge is 0.0991 e. The third-order valence-corrected chi connectivity index (χ3v) is 1.88. The van der Waals surface area contributed by atoms with Gasteiger partial charge in [0.1, 0.15) is 0 Å².